The summed E-state index contributed by atoms with van der Waals surface area (Å²) in [6, 6.07) is 14.2. The molecular formula is C19H21ClN2O4. The minimum Gasteiger partial charge on any atom is -0.480 e. The van der Waals surface area contributed by atoms with Crippen molar-refractivity contribution in [3.05, 3.63) is 59.7 Å². The Kier molecular flexibility index (Phi) is 6.23. The number of hydrogen-bond donors (Lipinski definition) is 3. The van der Waals surface area contributed by atoms with Gasteiger partial charge in [0.25, 0.3) is 0 Å². The topological polar surface area (TPSA) is 102 Å². The second-order valence-corrected chi connectivity index (χ2v) is 6.12. The molecular weight excluding hydrogens is 356 g/mol. The Morgan fingerprint density at radius 2 is 1.62 bits per heavy atom. The molecule has 0 radical (unpaired) electrons. The van der Waals surface area contributed by atoms with Gasteiger partial charge in [-0.3, -0.25) is 4.79 Å². The van der Waals surface area contributed by atoms with Gasteiger partial charge in [-0.1, -0.05) is 48.5 Å². The molecule has 2 unspecified atom stereocenters. The first kappa shape index (κ1) is 19.8. The number of fused-ring (bicyclic) bond motifs is 3. The van der Waals surface area contributed by atoms with Crippen molar-refractivity contribution in [2.75, 3.05) is 6.61 Å². The minimum absolute atomic E-state index is 0. The lowest BCUT2D eigenvalue weighted by molar-refractivity contribution is -0.139. The van der Waals surface area contributed by atoms with Gasteiger partial charge in [0.05, 0.1) is 6.04 Å². The summed E-state index contributed by atoms with van der Waals surface area (Å²) >= 11 is 0. The highest BCUT2D eigenvalue weighted by atomic mass is 35.5. The maximum absolute atomic E-state index is 12.0. The predicted molar refractivity (Wildman–Crippen MR) is 101 cm³/mol. The number of nitrogens with one attached hydrogen (secondary N) is 1. The number of rotatable bonds is 5. The van der Waals surface area contributed by atoms with Gasteiger partial charge in [0.2, 0.25) is 0 Å². The van der Waals surface area contributed by atoms with Gasteiger partial charge in [-0.2, -0.15) is 0 Å². The smallest absolute Gasteiger partial charge is 0.407 e. The zero-order valence-electron chi connectivity index (χ0n) is 14.2. The van der Waals surface area contributed by atoms with Crippen LogP contribution in [0.5, 0.6) is 0 Å². The Morgan fingerprint density at radius 3 is 2.12 bits per heavy atom. The Balaban J connectivity index is 0.00000243. The number of amides is 1. The maximum atomic E-state index is 12.0. The van der Waals surface area contributed by atoms with Gasteiger partial charge in [0, 0.05) is 5.92 Å². The second-order valence-electron chi connectivity index (χ2n) is 6.12. The molecule has 1 aliphatic rings. The largest absolute Gasteiger partial charge is 0.480 e. The van der Waals surface area contributed by atoms with E-state index >= 15 is 0 Å². The van der Waals surface area contributed by atoms with E-state index < -0.39 is 24.1 Å². The second kappa shape index (κ2) is 8.21. The Hall–Kier alpha value is -2.57. The van der Waals surface area contributed by atoms with Crippen LogP contribution in [0.3, 0.4) is 0 Å². The zero-order valence-corrected chi connectivity index (χ0v) is 15.0. The van der Waals surface area contributed by atoms with Crippen LogP contribution in [0.25, 0.3) is 11.1 Å². The molecule has 2 atom stereocenters. The summed E-state index contributed by atoms with van der Waals surface area (Å²) in [5.74, 6) is -1.21. The van der Waals surface area contributed by atoms with Gasteiger partial charge < -0.3 is 20.9 Å². The zero-order chi connectivity index (χ0) is 18.0. The molecule has 0 saturated heterocycles. The first-order valence-electron chi connectivity index (χ1n) is 8.09. The van der Waals surface area contributed by atoms with E-state index in [-0.39, 0.29) is 24.9 Å². The van der Waals surface area contributed by atoms with Gasteiger partial charge in [-0.15, -0.1) is 12.4 Å². The third kappa shape index (κ3) is 3.81. The lowest BCUT2D eigenvalue weighted by Gasteiger charge is -2.19. The summed E-state index contributed by atoms with van der Waals surface area (Å²) in [6.07, 6.45) is -0.675. The molecule has 0 saturated carbocycles. The van der Waals surface area contributed by atoms with Gasteiger partial charge in [-0.25, -0.2) is 4.79 Å². The highest BCUT2D eigenvalue weighted by molar-refractivity contribution is 5.85. The molecule has 6 nitrogen and oxygen atoms in total. The van der Waals surface area contributed by atoms with Crippen molar-refractivity contribution in [2.45, 2.75) is 24.9 Å². The minimum atomic E-state index is -1.18. The van der Waals surface area contributed by atoms with E-state index in [0.29, 0.717) is 0 Å². The monoisotopic (exact) mass is 376 g/mol. The van der Waals surface area contributed by atoms with Crippen LogP contribution in [-0.4, -0.2) is 35.9 Å². The van der Waals surface area contributed by atoms with E-state index in [1.54, 1.807) is 0 Å². The number of nitrogens with two attached hydrogens (primary N) is 1. The average molecular weight is 377 g/mol. The third-order valence-corrected chi connectivity index (χ3v) is 4.51. The summed E-state index contributed by atoms with van der Waals surface area (Å²) in [5, 5.41) is 11.3. The van der Waals surface area contributed by atoms with Crippen molar-refractivity contribution in [3.8, 4) is 11.1 Å². The third-order valence-electron chi connectivity index (χ3n) is 4.51. The van der Waals surface area contributed by atoms with Crippen LogP contribution >= 0.6 is 12.4 Å². The Bertz CT molecular complexity index is 766. The van der Waals surface area contributed by atoms with Crippen molar-refractivity contribution < 1.29 is 19.4 Å². The number of aliphatic carboxylic acids is 1. The summed E-state index contributed by atoms with van der Waals surface area (Å²) in [7, 11) is 0. The molecule has 3 rings (SSSR count). The molecule has 7 heteroatoms. The van der Waals surface area contributed by atoms with Crippen LogP contribution in [0, 0.1) is 0 Å². The molecule has 1 aliphatic carbocycles. The number of alkyl carbamates (subject to hydrolysis) is 1. The van der Waals surface area contributed by atoms with Crippen molar-refractivity contribution in [2.24, 2.45) is 5.73 Å². The number of carboxylic acids is 1. The molecule has 0 aliphatic heterocycles. The molecule has 0 heterocycles. The molecule has 1 amide bonds. The number of carboxylic acid groups (broad SMARTS) is 1. The fourth-order valence-electron chi connectivity index (χ4n) is 3.13. The van der Waals surface area contributed by atoms with Gasteiger partial charge >= 0.3 is 12.1 Å². The van der Waals surface area contributed by atoms with Crippen LogP contribution in [0.4, 0.5) is 4.79 Å². The molecule has 4 N–H and O–H groups in total. The Morgan fingerprint density at radius 1 is 1.12 bits per heavy atom. The quantitative estimate of drug-likeness (QED) is 0.744. The van der Waals surface area contributed by atoms with E-state index in [0.717, 1.165) is 22.3 Å². The average Bonchev–Trinajstić information content (AvgIpc) is 2.93. The predicted octanol–water partition coefficient (Wildman–Crippen LogP) is 2.75. The van der Waals surface area contributed by atoms with E-state index in [1.165, 1.54) is 6.92 Å². The molecule has 0 aromatic heterocycles. The summed E-state index contributed by atoms with van der Waals surface area (Å²) in [4.78, 5) is 22.8. The highest BCUT2D eigenvalue weighted by Crippen LogP contribution is 2.44. The first-order valence-corrected chi connectivity index (χ1v) is 8.09. The summed E-state index contributed by atoms with van der Waals surface area (Å²) in [6.45, 7) is 1.70. The van der Waals surface area contributed by atoms with E-state index in [9.17, 15) is 9.59 Å². The number of ether oxygens (including phenoxy) is 1. The van der Waals surface area contributed by atoms with Gasteiger partial charge in [0.15, 0.2) is 0 Å². The molecule has 0 bridgehead atoms. The number of carbonyl (C=O) groups is 2. The van der Waals surface area contributed by atoms with E-state index in [2.05, 4.69) is 17.4 Å². The lowest BCUT2D eigenvalue weighted by Crippen LogP contribution is -2.50. The summed E-state index contributed by atoms with van der Waals surface area (Å²) < 4.78 is 5.34. The first-order chi connectivity index (χ1) is 12.0. The normalized spacial score (nSPS) is 14.4. The maximum Gasteiger partial charge on any atom is 0.407 e. The lowest BCUT2D eigenvalue weighted by atomic mass is 9.98. The number of hydrogen-bond acceptors (Lipinski definition) is 4. The van der Waals surface area contributed by atoms with Crippen LogP contribution in [-0.2, 0) is 9.53 Å². The molecule has 2 aromatic carbocycles. The van der Waals surface area contributed by atoms with E-state index in [1.807, 2.05) is 36.4 Å². The highest BCUT2D eigenvalue weighted by Gasteiger charge is 2.29. The number of benzene rings is 2. The molecule has 138 valence electrons. The number of halogens is 1. The fraction of sp³-hybridized carbons (Fsp3) is 0.263. The SMILES string of the molecule is CC(NC(=O)OCC1c2ccccc2-c2ccccc21)C(N)C(=O)O.Cl. The van der Waals surface area contributed by atoms with Crippen molar-refractivity contribution in [3.63, 3.8) is 0 Å². The van der Waals surface area contributed by atoms with Crippen LogP contribution in [0.1, 0.15) is 24.0 Å². The van der Waals surface area contributed by atoms with Crippen LogP contribution < -0.4 is 11.1 Å². The van der Waals surface area contributed by atoms with E-state index in [4.69, 9.17) is 15.6 Å². The molecule has 26 heavy (non-hydrogen) atoms. The molecule has 2 aromatic rings. The van der Waals surface area contributed by atoms with Crippen molar-refractivity contribution in [1.82, 2.24) is 5.32 Å². The number of carbonyl (C=O) groups excluding carboxylic acids is 1. The van der Waals surface area contributed by atoms with Crippen molar-refractivity contribution >= 4 is 24.5 Å². The van der Waals surface area contributed by atoms with Crippen LogP contribution in [0.15, 0.2) is 48.5 Å². The standard InChI is InChI=1S/C19H20N2O4.ClH/c1-11(17(20)18(22)23)21-19(24)25-10-16-14-8-4-2-6-12(14)13-7-3-5-9-15(13)16;/h2-9,11,16-17H,10,20H2,1H3,(H,21,24)(H,22,23);1H. The molecule has 0 spiro atoms. The van der Waals surface area contributed by atoms with Crippen molar-refractivity contribution in [1.29, 1.82) is 0 Å². The van der Waals surface area contributed by atoms with Gasteiger partial charge in [0.1, 0.15) is 12.6 Å². The summed E-state index contributed by atoms with van der Waals surface area (Å²) in [5.41, 5.74) is 10.0. The van der Waals surface area contributed by atoms with Crippen LogP contribution in [0.2, 0.25) is 0 Å². The van der Waals surface area contributed by atoms with Gasteiger partial charge in [-0.05, 0) is 29.2 Å². The Labute approximate surface area is 157 Å². The fourth-order valence-corrected chi connectivity index (χ4v) is 3.13. The molecule has 0 fully saturated rings.